The molecule has 2 N–H and O–H groups in total. The highest BCUT2D eigenvalue weighted by Gasteiger charge is 2.12. The molecule has 0 aliphatic rings. The van der Waals surface area contributed by atoms with E-state index < -0.39 is 0 Å². The molecule has 0 spiro atoms. The van der Waals surface area contributed by atoms with Gasteiger partial charge in [0.15, 0.2) is 5.65 Å². The summed E-state index contributed by atoms with van der Waals surface area (Å²) in [6.45, 7) is 1.85. The lowest BCUT2D eigenvalue weighted by Crippen LogP contribution is -1.99. The van der Waals surface area contributed by atoms with Gasteiger partial charge in [-0.1, -0.05) is 0 Å². The van der Waals surface area contributed by atoms with E-state index in [2.05, 4.69) is 25.5 Å². The molecule has 0 saturated heterocycles. The van der Waals surface area contributed by atoms with Crippen molar-refractivity contribution in [2.75, 3.05) is 12.4 Å². The first kappa shape index (κ1) is 11.6. The van der Waals surface area contributed by atoms with Crippen LogP contribution in [0.25, 0.3) is 22.3 Å². The van der Waals surface area contributed by atoms with Crippen molar-refractivity contribution in [1.29, 1.82) is 0 Å². The average Bonchev–Trinajstić information content (AvgIpc) is 2.84. The van der Waals surface area contributed by atoms with Gasteiger partial charge in [-0.2, -0.15) is 10.1 Å². The van der Waals surface area contributed by atoms with E-state index in [1.54, 1.807) is 13.2 Å². The fraction of sp³-hybridized carbons (Fsp3) is 0.154. The summed E-state index contributed by atoms with van der Waals surface area (Å²) in [6.07, 6.45) is 1.64. The van der Waals surface area contributed by atoms with Gasteiger partial charge in [-0.05, 0) is 30.7 Å². The summed E-state index contributed by atoms with van der Waals surface area (Å²) in [4.78, 5) is 8.65. The number of H-pyrrole nitrogens is 1. The summed E-state index contributed by atoms with van der Waals surface area (Å²) in [5, 5.41) is 10.4. The minimum absolute atomic E-state index is 0.281. The number of hydrogen-bond acceptors (Lipinski definition) is 4. The van der Waals surface area contributed by atoms with Gasteiger partial charge in [0.1, 0.15) is 5.82 Å². The maximum Gasteiger partial charge on any atom is 0.225 e. The Morgan fingerprint density at radius 2 is 2.05 bits per heavy atom. The van der Waals surface area contributed by atoms with E-state index in [4.69, 9.17) is 0 Å². The number of anilines is 1. The Balaban J connectivity index is 2.31. The summed E-state index contributed by atoms with van der Waals surface area (Å²) in [5.74, 6) is 0.185. The first-order valence-corrected chi connectivity index (χ1v) is 5.84. The number of fused-ring (bicyclic) bond motifs is 1. The third kappa shape index (κ3) is 2.01. The van der Waals surface area contributed by atoms with E-state index in [1.165, 1.54) is 12.1 Å². The molecule has 2 aromatic heterocycles. The van der Waals surface area contributed by atoms with E-state index in [9.17, 15) is 4.39 Å². The third-order valence-corrected chi connectivity index (χ3v) is 2.85. The molecule has 96 valence electrons. The zero-order valence-electron chi connectivity index (χ0n) is 10.5. The van der Waals surface area contributed by atoms with Crippen LogP contribution in [0.1, 0.15) is 5.56 Å². The molecule has 0 aliphatic carbocycles. The van der Waals surface area contributed by atoms with Crippen molar-refractivity contribution in [3.8, 4) is 11.3 Å². The van der Waals surface area contributed by atoms with Crippen LogP contribution >= 0.6 is 0 Å². The number of halogens is 1. The molecule has 0 fully saturated rings. The first-order valence-electron chi connectivity index (χ1n) is 5.84. The molecule has 6 heteroatoms. The van der Waals surface area contributed by atoms with Gasteiger partial charge < -0.3 is 5.32 Å². The number of aryl methyl sites for hydroxylation is 1. The van der Waals surface area contributed by atoms with Crippen molar-refractivity contribution in [3.05, 3.63) is 35.8 Å². The summed E-state index contributed by atoms with van der Waals surface area (Å²) in [5.41, 5.74) is 2.83. The Hall–Kier alpha value is -2.50. The number of aromatic amines is 1. The SMILES string of the molecule is CNc1nc(-c2cc(C)cc(F)c2)c2cn[nH]c2n1. The van der Waals surface area contributed by atoms with Gasteiger partial charge in [0.25, 0.3) is 0 Å². The number of hydrogen-bond donors (Lipinski definition) is 2. The average molecular weight is 257 g/mol. The molecule has 3 aromatic rings. The maximum atomic E-state index is 13.5. The van der Waals surface area contributed by atoms with Crippen LogP contribution in [-0.4, -0.2) is 27.2 Å². The molecule has 2 heterocycles. The van der Waals surface area contributed by atoms with E-state index in [-0.39, 0.29) is 5.82 Å². The van der Waals surface area contributed by atoms with Crippen molar-refractivity contribution in [2.45, 2.75) is 6.92 Å². The number of nitrogens with zero attached hydrogens (tertiary/aromatic N) is 3. The largest absolute Gasteiger partial charge is 0.357 e. The van der Waals surface area contributed by atoms with Gasteiger partial charge in [0.05, 0.1) is 17.3 Å². The van der Waals surface area contributed by atoms with E-state index in [0.29, 0.717) is 22.9 Å². The second kappa shape index (κ2) is 4.31. The molecule has 5 nitrogen and oxygen atoms in total. The van der Waals surface area contributed by atoms with Crippen molar-refractivity contribution in [3.63, 3.8) is 0 Å². The van der Waals surface area contributed by atoms with Gasteiger partial charge in [-0.3, -0.25) is 5.10 Å². The Kier molecular flexibility index (Phi) is 2.63. The molecular formula is C13H12FN5. The number of aromatic nitrogens is 4. The summed E-state index contributed by atoms with van der Waals surface area (Å²) < 4.78 is 13.5. The number of benzene rings is 1. The number of rotatable bonds is 2. The maximum absolute atomic E-state index is 13.5. The van der Waals surface area contributed by atoms with Crippen molar-refractivity contribution in [1.82, 2.24) is 20.2 Å². The van der Waals surface area contributed by atoms with Crippen LogP contribution in [0.15, 0.2) is 24.4 Å². The smallest absolute Gasteiger partial charge is 0.225 e. The summed E-state index contributed by atoms with van der Waals surface area (Å²) in [7, 11) is 1.73. The normalized spacial score (nSPS) is 10.9. The Morgan fingerprint density at radius 1 is 1.21 bits per heavy atom. The molecule has 0 bridgehead atoms. The minimum atomic E-state index is -0.281. The second-order valence-electron chi connectivity index (χ2n) is 4.30. The van der Waals surface area contributed by atoms with Crippen LogP contribution in [0.2, 0.25) is 0 Å². The highest BCUT2D eigenvalue weighted by molar-refractivity contribution is 5.90. The molecule has 19 heavy (non-hydrogen) atoms. The zero-order valence-corrected chi connectivity index (χ0v) is 10.5. The minimum Gasteiger partial charge on any atom is -0.357 e. The van der Waals surface area contributed by atoms with Crippen molar-refractivity contribution >= 4 is 17.0 Å². The molecule has 0 amide bonds. The summed E-state index contributed by atoms with van der Waals surface area (Å²) in [6, 6.07) is 4.83. The standard InChI is InChI=1S/C13H12FN5/c1-7-3-8(5-9(14)4-7)11-10-6-16-19-12(10)18-13(15-2)17-11/h3-6H,1-2H3,(H2,15,16,17,18,19). The van der Waals surface area contributed by atoms with E-state index >= 15 is 0 Å². The molecule has 0 radical (unpaired) electrons. The Morgan fingerprint density at radius 3 is 2.79 bits per heavy atom. The van der Waals surface area contributed by atoms with Gasteiger partial charge in [0, 0.05) is 12.6 Å². The highest BCUT2D eigenvalue weighted by Crippen LogP contribution is 2.27. The lowest BCUT2D eigenvalue weighted by atomic mass is 10.1. The van der Waals surface area contributed by atoms with Gasteiger partial charge in [-0.25, -0.2) is 9.37 Å². The molecule has 0 atom stereocenters. The van der Waals surface area contributed by atoms with Crippen LogP contribution < -0.4 is 5.32 Å². The van der Waals surface area contributed by atoms with Crippen LogP contribution in [0.3, 0.4) is 0 Å². The third-order valence-electron chi connectivity index (χ3n) is 2.85. The van der Waals surface area contributed by atoms with Gasteiger partial charge >= 0.3 is 0 Å². The van der Waals surface area contributed by atoms with Crippen LogP contribution in [-0.2, 0) is 0 Å². The van der Waals surface area contributed by atoms with Crippen molar-refractivity contribution in [2.24, 2.45) is 0 Å². The van der Waals surface area contributed by atoms with Gasteiger partial charge in [0.2, 0.25) is 5.95 Å². The molecule has 1 aromatic carbocycles. The highest BCUT2D eigenvalue weighted by atomic mass is 19.1. The molecule has 3 rings (SSSR count). The molecule has 0 unspecified atom stereocenters. The van der Waals surface area contributed by atoms with Crippen LogP contribution in [0.4, 0.5) is 10.3 Å². The van der Waals surface area contributed by atoms with Crippen molar-refractivity contribution < 1.29 is 4.39 Å². The van der Waals surface area contributed by atoms with Gasteiger partial charge in [-0.15, -0.1) is 0 Å². The Labute approximate surface area is 108 Å². The van der Waals surface area contributed by atoms with Crippen LogP contribution in [0.5, 0.6) is 0 Å². The fourth-order valence-corrected chi connectivity index (χ4v) is 2.04. The topological polar surface area (TPSA) is 66.5 Å². The quantitative estimate of drug-likeness (QED) is 0.740. The predicted molar refractivity (Wildman–Crippen MR) is 71.4 cm³/mol. The predicted octanol–water partition coefficient (Wildman–Crippen LogP) is 2.51. The second-order valence-corrected chi connectivity index (χ2v) is 4.30. The summed E-state index contributed by atoms with van der Waals surface area (Å²) >= 11 is 0. The fourth-order valence-electron chi connectivity index (χ4n) is 2.04. The number of nitrogens with one attached hydrogen (secondary N) is 2. The first-order chi connectivity index (χ1) is 9.17. The monoisotopic (exact) mass is 257 g/mol. The van der Waals surface area contributed by atoms with E-state index in [1.807, 2.05) is 13.0 Å². The lowest BCUT2D eigenvalue weighted by Gasteiger charge is -2.06. The molecular weight excluding hydrogens is 245 g/mol. The lowest BCUT2D eigenvalue weighted by molar-refractivity contribution is 0.627. The molecule has 0 aliphatic heterocycles. The molecule has 0 saturated carbocycles. The van der Waals surface area contributed by atoms with Crippen LogP contribution in [0, 0.1) is 12.7 Å². The Bertz CT molecular complexity index is 730. The zero-order chi connectivity index (χ0) is 13.4. The van der Waals surface area contributed by atoms with E-state index in [0.717, 1.165) is 10.9 Å².